The standard InChI is InChI=1S/C37H47N6O5SSi/c1-22(2)47-16-15-42-30-11-10-24-17-26(30)27(33(42)25-9-7-13-39-32(25)23(3)46-6)19-36(4,5)21-48-35(45)37(50)12-8-14-43(41-37)34(44)28(38)18-31-40-29(24)20-49-31/h7,9-11,13,17,20,22-23,28,41H,8,12,14-16,18-19,21,38H2,1-6H3/t23-,28?,37-/m0/s1. The molecule has 3 N–H and O–H groups in total. The van der Waals surface area contributed by atoms with E-state index in [1.807, 2.05) is 32.2 Å². The minimum atomic E-state index is -1.25. The van der Waals surface area contributed by atoms with E-state index in [9.17, 15) is 9.59 Å². The minimum Gasteiger partial charge on any atom is -0.464 e. The molecule has 0 spiro atoms. The Labute approximate surface area is 301 Å². The third kappa shape index (κ3) is 7.44. The summed E-state index contributed by atoms with van der Waals surface area (Å²) >= 11 is 1.49. The van der Waals surface area contributed by atoms with E-state index in [4.69, 9.17) is 29.9 Å². The zero-order valence-electron chi connectivity index (χ0n) is 29.7. The van der Waals surface area contributed by atoms with Crippen LogP contribution in [0.4, 0.5) is 0 Å². The van der Waals surface area contributed by atoms with Crippen LogP contribution in [0.5, 0.6) is 0 Å². The molecule has 11 nitrogen and oxygen atoms in total. The molecule has 3 radical (unpaired) electrons. The number of hydrogen-bond acceptors (Lipinski definition) is 10. The average molecular weight is 716 g/mol. The number of fused-ring (bicyclic) bond motifs is 6. The summed E-state index contributed by atoms with van der Waals surface area (Å²) in [6.07, 6.45) is 3.57. The zero-order chi connectivity index (χ0) is 35.8. The van der Waals surface area contributed by atoms with Crippen LogP contribution >= 0.6 is 11.3 Å². The Kier molecular flexibility index (Phi) is 10.6. The first kappa shape index (κ1) is 36.3. The average Bonchev–Trinajstić information content (AvgIpc) is 3.67. The van der Waals surface area contributed by atoms with Gasteiger partial charge in [0.2, 0.25) is 0 Å². The maximum Gasteiger partial charge on any atom is 0.323 e. The van der Waals surface area contributed by atoms with Crippen LogP contribution in [0.25, 0.3) is 33.4 Å². The molecule has 2 aliphatic heterocycles. The SMILES string of the molecule is CO[C@@H](C)c1ncccc1-c1c2c3cc(ccc3n1CCOC(C)C)-c1csc(n1)CC(N)C(=O)N1CCC[C@@]([Si])(N1)C(=O)OCC(C)(C)C2. The molecule has 6 rings (SSSR count). The Morgan fingerprint density at radius 1 is 1.22 bits per heavy atom. The van der Waals surface area contributed by atoms with Gasteiger partial charge in [0, 0.05) is 65.6 Å². The van der Waals surface area contributed by atoms with Crippen molar-refractivity contribution in [3.05, 3.63) is 58.2 Å². The maximum atomic E-state index is 13.7. The highest BCUT2D eigenvalue weighted by Crippen LogP contribution is 2.42. The quantitative estimate of drug-likeness (QED) is 0.202. The molecule has 50 heavy (non-hydrogen) atoms. The number of hydrogen-bond donors (Lipinski definition) is 2. The van der Waals surface area contributed by atoms with Crippen molar-refractivity contribution >= 4 is 44.4 Å². The van der Waals surface area contributed by atoms with Crippen LogP contribution in [-0.2, 0) is 43.2 Å². The first-order valence-corrected chi connectivity index (χ1v) is 18.6. The number of amides is 1. The summed E-state index contributed by atoms with van der Waals surface area (Å²) in [6, 6.07) is 9.69. The predicted octanol–water partition coefficient (Wildman–Crippen LogP) is 4.95. The van der Waals surface area contributed by atoms with E-state index in [0.29, 0.717) is 39.0 Å². The topological polar surface area (TPSA) is 134 Å². The zero-order valence-corrected chi connectivity index (χ0v) is 31.6. The van der Waals surface area contributed by atoms with E-state index in [0.717, 1.165) is 49.7 Å². The van der Waals surface area contributed by atoms with Crippen molar-refractivity contribution in [2.24, 2.45) is 11.1 Å². The number of thiazole rings is 1. The summed E-state index contributed by atoms with van der Waals surface area (Å²) in [5, 5.41) is 4.05. The molecule has 1 fully saturated rings. The van der Waals surface area contributed by atoms with Gasteiger partial charge in [0.25, 0.3) is 5.91 Å². The summed E-state index contributed by atoms with van der Waals surface area (Å²) in [5.74, 6) is -0.768. The molecule has 0 aliphatic carbocycles. The molecule has 4 aromatic rings. The molecule has 13 heteroatoms. The molecule has 3 atom stereocenters. The fourth-order valence-corrected chi connectivity index (χ4v) is 8.07. The second-order valence-corrected chi connectivity index (χ2v) is 16.2. The van der Waals surface area contributed by atoms with Crippen molar-refractivity contribution in [1.82, 2.24) is 25.0 Å². The summed E-state index contributed by atoms with van der Waals surface area (Å²) in [4.78, 5) is 36.9. The molecular formula is C37H47N6O5SSi. The van der Waals surface area contributed by atoms with Gasteiger partial charge >= 0.3 is 5.97 Å². The number of pyridine rings is 1. The fourth-order valence-electron chi connectivity index (χ4n) is 6.82. The molecule has 1 saturated heterocycles. The van der Waals surface area contributed by atoms with E-state index >= 15 is 0 Å². The number of nitrogens with one attached hydrogen (secondary N) is 1. The van der Waals surface area contributed by atoms with Crippen molar-refractivity contribution in [3.63, 3.8) is 0 Å². The monoisotopic (exact) mass is 715 g/mol. The fraction of sp³-hybridized carbons (Fsp3) is 0.514. The molecule has 1 aromatic carbocycles. The number of methoxy groups -OCH3 is 1. The van der Waals surface area contributed by atoms with E-state index in [-0.39, 0.29) is 31.1 Å². The molecule has 2 aliphatic rings. The van der Waals surface area contributed by atoms with E-state index in [1.54, 1.807) is 13.3 Å². The van der Waals surface area contributed by atoms with Gasteiger partial charge in [-0.25, -0.2) is 10.4 Å². The van der Waals surface area contributed by atoms with Gasteiger partial charge in [0.1, 0.15) is 5.16 Å². The highest BCUT2D eigenvalue weighted by Gasteiger charge is 2.42. The second kappa shape index (κ2) is 14.6. The van der Waals surface area contributed by atoms with Gasteiger partial charge in [-0.05, 0) is 69.9 Å². The minimum absolute atomic E-state index is 0.0871. The molecule has 6 bridgehead atoms. The van der Waals surface area contributed by atoms with E-state index in [1.165, 1.54) is 16.3 Å². The number of rotatable bonds is 7. The van der Waals surface area contributed by atoms with Gasteiger partial charge < -0.3 is 24.5 Å². The number of nitrogens with zero attached hydrogens (tertiary/aromatic N) is 4. The van der Waals surface area contributed by atoms with Gasteiger partial charge in [-0.3, -0.25) is 19.6 Å². The first-order valence-electron chi connectivity index (χ1n) is 17.3. The van der Waals surface area contributed by atoms with Gasteiger partial charge in [-0.1, -0.05) is 19.9 Å². The number of carbonyl (C=O) groups is 2. The van der Waals surface area contributed by atoms with Crippen LogP contribution in [-0.4, -0.2) is 85.8 Å². The Hall–Kier alpha value is -3.46. The lowest BCUT2D eigenvalue weighted by atomic mass is 9.84. The molecule has 3 aromatic heterocycles. The second-order valence-electron chi connectivity index (χ2n) is 14.4. The van der Waals surface area contributed by atoms with Crippen molar-refractivity contribution in [2.45, 2.75) is 90.3 Å². The summed E-state index contributed by atoms with van der Waals surface area (Å²) in [7, 11) is 5.36. The largest absolute Gasteiger partial charge is 0.464 e. The van der Waals surface area contributed by atoms with Gasteiger partial charge in [0.15, 0.2) is 0 Å². The summed E-state index contributed by atoms with van der Waals surface area (Å²) in [5.41, 5.74) is 15.9. The Morgan fingerprint density at radius 3 is 2.78 bits per heavy atom. The number of hydrazine groups is 1. The van der Waals surface area contributed by atoms with Gasteiger partial charge in [-0.2, -0.15) is 0 Å². The van der Waals surface area contributed by atoms with E-state index in [2.05, 4.69) is 58.3 Å². The van der Waals surface area contributed by atoms with Crippen molar-refractivity contribution in [1.29, 1.82) is 0 Å². The lowest BCUT2D eigenvalue weighted by molar-refractivity contribution is -0.157. The van der Waals surface area contributed by atoms with E-state index < -0.39 is 22.6 Å². The van der Waals surface area contributed by atoms with Crippen LogP contribution in [0.2, 0.25) is 0 Å². The number of carbonyl (C=O) groups excluding carboxylic acids is 2. The number of aromatic nitrogens is 3. The Bertz CT molecular complexity index is 1870. The third-order valence-corrected chi connectivity index (χ3v) is 10.9. The smallest absolute Gasteiger partial charge is 0.323 e. The number of esters is 1. The van der Waals surface area contributed by atoms with Crippen LogP contribution in [0.15, 0.2) is 41.9 Å². The molecule has 1 unspecified atom stereocenters. The molecular weight excluding hydrogens is 669 g/mol. The first-order chi connectivity index (χ1) is 23.8. The highest BCUT2D eigenvalue weighted by atomic mass is 32.1. The van der Waals surface area contributed by atoms with Crippen molar-refractivity contribution in [3.8, 4) is 22.5 Å². The van der Waals surface area contributed by atoms with Crippen LogP contribution < -0.4 is 11.2 Å². The van der Waals surface area contributed by atoms with Crippen molar-refractivity contribution in [2.75, 3.05) is 26.9 Å². The normalized spacial score (nSPS) is 22.1. The van der Waals surface area contributed by atoms with Gasteiger partial charge in [0.05, 0.1) is 63.8 Å². The number of benzene rings is 1. The van der Waals surface area contributed by atoms with Crippen molar-refractivity contribution < 1.29 is 23.8 Å². The number of ether oxygens (including phenoxy) is 3. The number of nitrogens with two attached hydrogens (primary N) is 1. The van der Waals surface area contributed by atoms with Crippen LogP contribution in [0.3, 0.4) is 0 Å². The molecule has 5 heterocycles. The molecule has 1 amide bonds. The maximum absolute atomic E-state index is 13.7. The molecule has 0 saturated carbocycles. The lowest BCUT2D eigenvalue weighted by Gasteiger charge is -2.41. The van der Waals surface area contributed by atoms with Crippen LogP contribution in [0, 0.1) is 5.41 Å². The number of cyclic esters (lactones) is 1. The Balaban J connectivity index is 1.55. The van der Waals surface area contributed by atoms with Crippen LogP contribution in [0.1, 0.15) is 69.8 Å². The lowest BCUT2D eigenvalue weighted by Crippen LogP contribution is -2.66. The summed E-state index contributed by atoms with van der Waals surface area (Å²) in [6.45, 7) is 12.0. The highest BCUT2D eigenvalue weighted by molar-refractivity contribution is 7.10. The summed E-state index contributed by atoms with van der Waals surface area (Å²) < 4.78 is 20.3. The van der Waals surface area contributed by atoms with Gasteiger partial charge in [-0.15, -0.1) is 11.3 Å². The molecule has 265 valence electrons. The Morgan fingerprint density at radius 2 is 2.02 bits per heavy atom. The third-order valence-electron chi connectivity index (χ3n) is 9.45. The predicted molar refractivity (Wildman–Crippen MR) is 195 cm³/mol.